The van der Waals surface area contributed by atoms with E-state index >= 15 is 0 Å². The Kier molecular flexibility index (Phi) is 6.34. The minimum atomic E-state index is 0.387. The molecule has 1 atom stereocenters. The van der Waals surface area contributed by atoms with Gasteiger partial charge in [0.25, 0.3) is 0 Å². The first-order valence-corrected chi connectivity index (χ1v) is 9.10. The van der Waals surface area contributed by atoms with Crippen molar-refractivity contribution in [2.75, 3.05) is 0 Å². The summed E-state index contributed by atoms with van der Waals surface area (Å²) in [5, 5.41) is 0. The predicted octanol–water partition coefficient (Wildman–Crippen LogP) is 5.13. The van der Waals surface area contributed by atoms with Gasteiger partial charge in [0.15, 0.2) is 0 Å². The van der Waals surface area contributed by atoms with Crippen LogP contribution < -0.4 is 0 Å². The van der Waals surface area contributed by atoms with Crippen LogP contribution in [-0.4, -0.2) is 17.2 Å². The molecule has 0 aliphatic heterocycles. The molecule has 0 amide bonds. The van der Waals surface area contributed by atoms with Gasteiger partial charge >= 0.3 is 0 Å². The fourth-order valence-corrected chi connectivity index (χ4v) is 3.21. The monoisotopic (exact) mass is 343 g/mol. The van der Waals surface area contributed by atoms with Crippen LogP contribution in [0.2, 0.25) is 0 Å². The molecule has 26 heavy (non-hydrogen) atoms. The van der Waals surface area contributed by atoms with Crippen LogP contribution in [0.15, 0.2) is 84.9 Å². The molecule has 132 valence electrons. The van der Waals surface area contributed by atoms with Gasteiger partial charge in [-0.15, -0.1) is 0 Å². The number of hydrogen-bond acceptors (Lipinski definition) is 2. The maximum absolute atomic E-state index is 10.8. The quantitative estimate of drug-likeness (QED) is 0.528. The van der Waals surface area contributed by atoms with Crippen LogP contribution in [-0.2, 0) is 19.5 Å². The molecule has 0 saturated carbocycles. The number of benzene rings is 3. The summed E-state index contributed by atoms with van der Waals surface area (Å²) >= 11 is 0. The van der Waals surface area contributed by atoms with Crippen LogP contribution in [0.3, 0.4) is 0 Å². The first kappa shape index (κ1) is 18.1. The first-order valence-electron chi connectivity index (χ1n) is 9.10. The third-order valence-electron chi connectivity index (χ3n) is 4.73. The van der Waals surface area contributed by atoms with Crippen molar-refractivity contribution in [2.24, 2.45) is 0 Å². The van der Waals surface area contributed by atoms with E-state index in [1.165, 1.54) is 16.7 Å². The number of rotatable bonds is 8. The van der Waals surface area contributed by atoms with Crippen molar-refractivity contribution in [1.29, 1.82) is 0 Å². The highest BCUT2D eigenvalue weighted by molar-refractivity contribution is 5.74. The van der Waals surface area contributed by atoms with Crippen molar-refractivity contribution in [3.63, 3.8) is 0 Å². The molecular formula is C24H25NO. The fraction of sp³-hybridized carbons (Fsp3) is 0.208. The molecule has 0 spiro atoms. The normalized spacial score (nSPS) is 12.1. The second-order valence-corrected chi connectivity index (χ2v) is 6.79. The smallest absolute Gasteiger partial charge is 0.150 e. The van der Waals surface area contributed by atoms with Crippen LogP contribution in [0.25, 0.3) is 0 Å². The van der Waals surface area contributed by atoms with Crippen molar-refractivity contribution < 1.29 is 4.79 Å². The summed E-state index contributed by atoms with van der Waals surface area (Å²) < 4.78 is 0. The number of carbonyl (C=O) groups is 1. The van der Waals surface area contributed by atoms with E-state index in [4.69, 9.17) is 0 Å². The SMILES string of the molecule is CC(Cc1ccc(C=O)cc1)N(Cc1ccccc1)Cc1ccccc1. The van der Waals surface area contributed by atoms with Crippen LogP contribution >= 0.6 is 0 Å². The number of hydrogen-bond donors (Lipinski definition) is 0. The van der Waals surface area contributed by atoms with E-state index in [2.05, 4.69) is 84.6 Å². The third kappa shape index (κ3) is 5.14. The Morgan fingerprint density at radius 3 is 1.69 bits per heavy atom. The van der Waals surface area contributed by atoms with Gasteiger partial charge in [-0.2, -0.15) is 0 Å². The molecule has 3 rings (SSSR count). The summed E-state index contributed by atoms with van der Waals surface area (Å²) in [5.74, 6) is 0. The lowest BCUT2D eigenvalue weighted by atomic mass is 10.0. The van der Waals surface area contributed by atoms with Gasteiger partial charge in [-0.05, 0) is 30.0 Å². The van der Waals surface area contributed by atoms with Gasteiger partial charge < -0.3 is 0 Å². The van der Waals surface area contributed by atoms with Crippen molar-refractivity contribution in [3.05, 3.63) is 107 Å². The van der Waals surface area contributed by atoms with Crippen molar-refractivity contribution in [1.82, 2.24) is 4.90 Å². The van der Waals surface area contributed by atoms with Crippen LogP contribution in [0.5, 0.6) is 0 Å². The van der Waals surface area contributed by atoms with Crippen molar-refractivity contribution in [2.45, 2.75) is 32.5 Å². The van der Waals surface area contributed by atoms with E-state index in [-0.39, 0.29) is 0 Å². The van der Waals surface area contributed by atoms with Crippen LogP contribution in [0.1, 0.15) is 34.0 Å². The standard InChI is InChI=1S/C24H25NO/c1-20(16-21-12-14-24(19-26)15-13-21)25(17-22-8-4-2-5-9-22)18-23-10-6-3-7-11-23/h2-15,19-20H,16-18H2,1H3. The highest BCUT2D eigenvalue weighted by Crippen LogP contribution is 2.17. The van der Waals surface area contributed by atoms with Gasteiger partial charge in [0.05, 0.1) is 0 Å². The molecule has 0 aromatic heterocycles. The van der Waals surface area contributed by atoms with E-state index < -0.39 is 0 Å². The first-order chi connectivity index (χ1) is 12.7. The predicted molar refractivity (Wildman–Crippen MR) is 107 cm³/mol. The Morgan fingerprint density at radius 2 is 1.23 bits per heavy atom. The van der Waals surface area contributed by atoms with Gasteiger partial charge in [-0.25, -0.2) is 0 Å². The fourth-order valence-electron chi connectivity index (χ4n) is 3.21. The minimum absolute atomic E-state index is 0.387. The lowest BCUT2D eigenvalue weighted by Gasteiger charge is -2.29. The molecule has 0 saturated heterocycles. The molecule has 2 heteroatoms. The Bertz CT molecular complexity index is 755. The zero-order valence-corrected chi connectivity index (χ0v) is 15.2. The van der Waals surface area contributed by atoms with Crippen molar-refractivity contribution in [3.8, 4) is 0 Å². The van der Waals surface area contributed by atoms with Crippen molar-refractivity contribution >= 4 is 6.29 Å². The topological polar surface area (TPSA) is 20.3 Å². The zero-order chi connectivity index (χ0) is 18.2. The summed E-state index contributed by atoms with van der Waals surface area (Å²) in [7, 11) is 0. The lowest BCUT2D eigenvalue weighted by molar-refractivity contribution is 0.112. The maximum Gasteiger partial charge on any atom is 0.150 e. The average Bonchev–Trinajstić information content (AvgIpc) is 2.69. The summed E-state index contributed by atoms with van der Waals surface area (Å²) in [6.45, 7) is 4.12. The average molecular weight is 343 g/mol. The van der Waals surface area contributed by atoms with E-state index in [1.54, 1.807) is 0 Å². The largest absolute Gasteiger partial charge is 0.298 e. The van der Waals surface area contributed by atoms with Crippen LogP contribution in [0.4, 0.5) is 0 Å². The molecule has 0 N–H and O–H groups in total. The van der Waals surface area contributed by atoms with Crippen LogP contribution in [0, 0.1) is 0 Å². The summed E-state index contributed by atoms with van der Waals surface area (Å²) in [5.41, 5.74) is 4.64. The Morgan fingerprint density at radius 1 is 0.731 bits per heavy atom. The van der Waals surface area contributed by atoms with Gasteiger partial charge in [-0.3, -0.25) is 9.69 Å². The molecule has 0 heterocycles. The maximum atomic E-state index is 10.8. The van der Waals surface area contributed by atoms with E-state index in [9.17, 15) is 4.79 Å². The molecule has 0 radical (unpaired) electrons. The van der Waals surface area contributed by atoms with Gasteiger partial charge in [0, 0.05) is 24.7 Å². The molecule has 1 unspecified atom stereocenters. The van der Waals surface area contributed by atoms with Gasteiger partial charge in [0.1, 0.15) is 6.29 Å². The molecule has 0 fully saturated rings. The molecule has 0 aliphatic carbocycles. The second kappa shape index (κ2) is 9.12. The van der Waals surface area contributed by atoms with Gasteiger partial charge in [0.2, 0.25) is 0 Å². The second-order valence-electron chi connectivity index (χ2n) is 6.79. The Hall–Kier alpha value is -2.71. The van der Waals surface area contributed by atoms with Gasteiger partial charge in [-0.1, -0.05) is 84.9 Å². The summed E-state index contributed by atoms with van der Waals surface area (Å²) in [4.78, 5) is 13.4. The Labute approximate surface area is 156 Å². The minimum Gasteiger partial charge on any atom is -0.298 e. The van der Waals surface area contributed by atoms with E-state index in [1.807, 2.05) is 12.1 Å². The summed E-state index contributed by atoms with van der Waals surface area (Å²) in [6.07, 6.45) is 1.85. The number of carbonyl (C=O) groups excluding carboxylic acids is 1. The third-order valence-corrected chi connectivity index (χ3v) is 4.73. The molecule has 2 nitrogen and oxygen atoms in total. The highest BCUT2D eigenvalue weighted by Gasteiger charge is 2.15. The molecule has 0 aliphatic rings. The van der Waals surface area contributed by atoms with E-state index in [0.29, 0.717) is 6.04 Å². The summed E-state index contributed by atoms with van der Waals surface area (Å²) in [6, 6.07) is 29.5. The molecule has 0 bridgehead atoms. The molecule has 3 aromatic carbocycles. The Balaban J connectivity index is 1.75. The zero-order valence-electron chi connectivity index (χ0n) is 15.2. The number of aldehydes is 1. The molecular weight excluding hydrogens is 318 g/mol. The lowest BCUT2D eigenvalue weighted by Crippen LogP contribution is -2.33. The number of nitrogens with zero attached hydrogens (tertiary/aromatic N) is 1. The molecule has 3 aromatic rings. The van der Waals surface area contributed by atoms with E-state index in [0.717, 1.165) is 31.4 Å². The highest BCUT2D eigenvalue weighted by atomic mass is 16.1.